The molecular formula is C34H51O6P. The summed E-state index contributed by atoms with van der Waals surface area (Å²) in [5.41, 5.74) is 0.777. The Kier molecular flexibility index (Phi) is 13.2. The van der Waals surface area contributed by atoms with E-state index in [0.717, 1.165) is 33.7 Å². The van der Waals surface area contributed by atoms with Crippen molar-refractivity contribution in [2.45, 2.75) is 67.2 Å². The van der Waals surface area contributed by atoms with Crippen LogP contribution in [-0.4, -0.2) is 52.3 Å². The van der Waals surface area contributed by atoms with Gasteiger partial charge in [-0.25, -0.2) is 0 Å². The number of rotatable bonds is 18. The molecule has 0 saturated heterocycles. The van der Waals surface area contributed by atoms with E-state index in [0.29, 0.717) is 58.8 Å². The fourth-order valence-corrected chi connectivity index (χ4v) is 7.49. The Balaban J connectivity index is 1.88. The Bertz CT molecular complexity index is 1020. The van der Waals surface area contributed by atoms with E-state index in [2.05, 4.69) is 41.5 Å². The number of carbonyl (C=O) groups is 2. The maximum atomic E-state index is 13.3. The minimum atomic E-state index is -0.139. The Morgan fingerprint density at radius 3 is 1.20 bits per heavy atom. The predicted octanol–water partition coefficient (Wildman–Crippen LogP) is 8.35. The van der Waals surface area contributed by atoms with Gasteiger partial charge in [0.1, 0.15) is 34.1 Å². The molecule has 0 aromatic heterocycles. The largest absolute Gasteiger partial charge is 0.496 e. The molecule has 0 fully saturated rings. The smallest absolute Gasteiger partial charge is 0.170 e. The van der Waals surface area contributed by atoms with Crippen LogP contribution in [0.25, 0.3) is 0 Å². The third kappa shape index (κ3) is 10.3. The van der Waals surface area contributed by atoms with Crippen LogP contribution in [0.5, 0.6) is 23.0 Å². The first-order valence-electron chi connectivity index (χ1n) is 14.5. The molecule has 228 valence electrons. The zero-order valence-corrected chi connectivity index (χ0v) is 27.8. The minimum Gasteiger partial charge on any atom is -0.496 e. The molecule has 0 radical (unpaired) electrons. The minimum absolute atomic E-state index is 0.0510. The predicted molar refractivity (Wildman–Crippen MR) is 170 cm³/mol. The molecule has 2 aromatic carbocycles. The van der Waals surface area contributed by atoms with E-state index in [1.54, 1.807) is 52.7 Å². The van der Waals surface area contributed by atoms with E-state index < -0.39 is 0 Å². The van der Waals surface area contributed by atoms with E-state index in [1.807, 2.05) is 12.1 Å². The van der Waals surface area contributed by atoms with Crippen LogP contribution in [0.3, 0.4) is 0 Å². The number of methoxy groups -OCH3 is 4. The zero-order valence-electron chi connectivity index (χ0n) is 26.8. The average molecular weight is 587 g/mol. The zero-order chi connectivity index (χ0) is 30.8. The van der Waals surface area contributed by atoms with Crippen LogP contribution in [0.2, 0.25) is 0 Å². The van der Waals surface area contributed by atoms with Gasteiger partial charge in [-0.05, 0) is 72.1 Å². The highest BCUT2D eigenvalue weighted by Crippen LogP contribution is 2.39. The molecule has 2 rings (SSSR count). The molecule has 2 aromatic rings. The van der Waals surface area contributed by atoms with Crippen LogP contribution < -0.4 is 18.9 Å². The summed E-state index contributed by atoms with van der Waals surface area (Å²) in [7, 11) is 7.17. The van der Waals surface area contributed by atoms with Gasteiger partial charge in [0, 0.05) is 12.8 Å². The molecule has 2 atom stereocenters. The molecule has 0 spiro atoms. The molecule has 0 aliphatic rings. The van der Waals surface area contributed by atoms with Gasteiger partial charge >= 0.3 is 0 Å². The maximum Gasteiger partial charge on any atom is 0.170 e. The SMILES string of the molecule is COc1cccc(OC)c1C(=O)CC(C)(C)CC(C)CPCC(C)CC(C)(C)CC(=O)c1c(OC)cccc1OC. The van der Waals surface area contributed by atoms with Crippen molar-refractivity contribution in [3.63, 3.8) is 0 Å². The van der Waals surface area contributed by atoms with Crippen LogP contribution >= 0.6 is 8.58 Å². The van der Waals surface area contributed by atoms with Crippen molar-refractivity contribution in [1.82, 2.24) is 0 Å². The summed E-state index contributed by atoms with van der Waals surface area (Å²) >= 11 is 0. The number of Topliss-reactive ketones (excluding diaryl/α,β-unsaturated/α-hetero) is 2. The Morgan fingerprint density at radius 2 is 0.927 bits per heavy atom. The van der Waals surface area contributed by atoms with Crippen LogP contribution in [0.4, 0.5) is 0 Å². The van der Waals surface area contributed by atoms with Gasteiger partial charge in [-0.15, -0.1) is 8.58 Å². The van der Waals surface area contributed by atoms with E-state index in [4.69, 9.17) is 18.9 Å². The summed E-state index contributed by atoms with van der Waals surface area (Å²) in [4.78, 5) is 26.6. The average Bonchev–Trinajstić information content (AvgIpc) is 2.90. The first kappa shape index (κ1) is 34.6. The van der Waals surface area contributed by atoms with Gasteiger partial charge in [-0.1, -0.05) is 53.7 Å². The number of benzene rings is 2. The Hall–Kier alpha value is -2.59. The number of carbonyl (C=O) groups excluding carboxylic acids is 2. The normalized spacial score (nSPS) is 13.6. The molecule has 6 nitrogen and oxygen atoms in total. The van der Waals surface area contributed by atoms with Gasteiger partial charge in [0.05, 0.1) is 28.4 Å². The Labute approximate surface area is 249 Å². The van der Waals surface area contributed by atoms with E-state index >= 15 is 0 Å². The summed E-state index contributed by atoms with van der Waals surface area (Å²) < 4.78 is 21.8. The first-order chi connectivity index (χ1) is 19.3. The summed E-state index contributed by atoms with van der Waals surface area (Å²) in [6.07, 6.45) is 5.09. The number of hydrogen-bond acceptors (Lipinski definition) is 6. The third-order valence-corrected chi connectivity index (χ3v) is 9.45. The molecule has 0 aliphatic carbocycles. The lowest BCUT2D eigenvalue weighted by Gasteiger charge is -2.29. The lowest BCUT2D eigenvalue weighted by atomic mass is 9.78. The van der Waals surface area contributed by atoms with Gasteiger partial charge in [0.15, 0.2) is 11.6 Å². The van der Waals surface area contributed by atoms with Crippen molar-refractivity contribution in [2.75, 3.05) is 40.8 Å². The van der Waals surface area contributed by atoms with Gasteiger partial charge in [0.25, 0.3) is 0 Å². The molecule has 0 bridgehead atoms. The van der Waals surface area contributed by atoms with Crippen LogP contribution in [0.1, 0.15) is 87.9 Å². The topological polar surface area (TPSA) is 71.1 Å². The molecule has 2 unspecified atom stereocenters. The van der Waals surface area contributed by atoms with Crippen LogP contribution in [-0.2, 0) is 0 Å². The second-order valence-corrected chi connectivity index (χ2v) is 14.2. The van der Waals surface area contributed by atoms with Gasteiger partial charge < -0.3 is 18.9 Å². The standard InChI is InChI=1S/C34H51O6P/c1-23(17-33(3,4)19-25(35)31-27(37-7)13-11-14-28(31)38-8)21-41-22-24(2)18-34(5,6)20-26(36)32-29(39-9)15-12-16-30(32)40-10/h11-16,23-24,41H,17-22H2,1-10H3. The second kappa shape index (κ2) is 15.6. The highest BCUT2D eigenvalue weighted by Gasteiger charge is 2.30. The fraction of sp³-hybridized carbons (Fsp3) is 0.588. The molecule has 41 heavy (non-hydrogen) atoms. The molecule has 0 heterocycles. The summed E-state index contributed by atoms with van der Waals surface area (Å²) in [5.74, 6) is 3.34. The van der Waals surface area contributed by atoms with Crippen molar-refractivity contribution in [3.8, 4) is 23.0 Å². The maximum absolute atomic E-state index is 13.3. The van der Waals surface area contributed by atoms with Crippen molar-refractivity contribution < 1.29 is 28.5 Å². The summed E-state index contributed by atoms with van der Waals surface area (Å²) in [5, 5.41) is 0. The fourth-order valence-electron chi connectivity index (χ4n) is 6.05. The number of hydrogen-bond donors (Lipinski definition) is 0. The number of ketones is 2. The van der Waals surface area contributed by atoms with Gasteiger partial charge in [0.2, 0.25) is 0 Å². The Morgan fingerprint density at radius 1 is 0.634 bits per heavy atom. The molecule has 0 aliphatic heterocycles. The monoisotopic (exact) mass is 586 g/mol. The molecule has 7 heteroatoms. The van der Waals surface area contributed by atoms with E-state index in [9.17, 15) is 9.59 Å². The first-order valence-corrected chi connectivity index (χ1v) is 15.9. The van der Waals surface area contributed by atoms with Gasteiger partial charge in [-0.2, -0.15) is 0 Å². The van der Waals surface area contributed by atoms with Gasteiger partial charge in [-0.3, -0.25) is 9.59 Å². The lowest BCUT2D eigenvalue weighted by Crippen LogP contribution is -2.22. The van der Waals surface area contributed by atoms with E-state index in [1.165, 1.54) is 0 Å². The summed E-state index contributed by atoms with van der Waals surface area (Å²) in [6.45, 7) is 13.3. The van der Waals surface area contributed by atoms with Crippen molar-refractivity contribution >= 4 is 20.1 Å². The third-order valence-electron chi connectivity index (χ3n) is 7.48. The van der Waals surface area contributed by atoms with Crippen molar-refractivity contribution in [3.05, 3.63) is 47.5 Å². The van der Waals surface area contributed by atoms with Crippen LogP contribution in [0.15, 0.2) is 36.4 Å². The quantitative estimate of drug-likeness (QED) is 0.129. The molecule has 0 saturated carbocycles. The van der Waals surface area contributed by atoms with Crippen LogP contribution in [0, 0.1) is 22.7 Å². The molecule has 0 amide bonds. The van der Waals surface area contributed by atoms with E-state index in [-0.39, 0.29) is 22.4 Å². The second-order valence-electron chi connectivity index (χ2n) is 12.9. The van der Waals surface area contributed by atoms with Crippen molar-refractivity contribution in [1.29, 1.82) is 0 Å². The highest BCUT2D eigenvalue weighted by molar-refractivity contribution is 7.38. The molecular weight excluding hydrogens is 535 g/mol. The highest BCUT2D eigenvalue weighted by atomic mass is 31.1. The molecule has 0 N–H and O–H groups in total. The van der Waals surface area contributed by atoms with Crippen molar-refractivity contribution in [2.24, 2.45) is 22.7 Å². The summed E-state index contributed by atoms with van der Waals surface area (Å²) in [6, 6.07) is 10.9. The number of ether oxygens (including phenoxy) is 4. The lowest BCUT2D eigenvalue weighted by molar-refractivity contribution is 0.0902.